The van der Waals surface area contributed by atoms with Gasteiger partial charge < -0.3 is 15.5 Å². The molecule has 1 saturated heterocycles. The van der Waals surface area contributed by atoms with Crippen molar-refractivity contribution in [3.8, 4) is 0 Å². The third-order valence-electron chi connectivity index (χ3n) is 3.44. The molecule has 0 radical (unpaired) electrons. The molecule has 1 aromatic rings. The molecule has 1 aliphatic rings. The van der Waals surface area contributed by atoms with E-state index in [2.05, 4.69) is 39.5 Å². The van der Waals surface area contributed by atoms with E-state index in [1.807, 2.05) is 13.1 Å². The van der Waals surface area contributed by atoms with Crippen molar-refractivity contribution in [1.82, 2.24) is 14.9 Å². The Morgan fingerprint density at radius 3 is 3.00 bits per heavy atom. The zero-order valence-electron chi connectivity index (χ0n) is 10.8. The molecule has 0 aliphatic carbocycles. The summed E-state index contributed by atoms with van der Waals surface area (Å²) in [6.45, 7) is 3.41. The van der Waals surface area contributed by atoms with Crippen molar-refractivity contribution in [2.24, 2.45) is 0 Å². The Bertz CT molecular complexity index is 368. The number of anilines is 2. The number of rotatable bonds is 3. The molecule has 5 nitrogen and oxygen atoms in total. The van der Waals surface area contributed by atoms with Gasteiger partial charge in [0.2, 0.25) is 5.95 Å². The van der Waals surface area contributed by atoms with Crippen molar-refractivity contribution in [1.29, 1.82) is 0 Å². The average Bonchev–Trinajstić information content (AvgIpc) is 2.34. The van der Waals surface area contributed by atoms with Gasteiger partial charge in [0.15, 0.2) is 0 Å². The maximum Gasteiger partial charge on any atom is 0.224 e. The van der Waals surface area contributed by atoms with Crippen molar-refractivity contribution in [2.45, 2.75) is 31.8 Å². The smallest absolute Gasteiger partial charge is 0.224 e. The summed E-state index contributed by atoms with van der Waals surface area (Å²) in [6, 6.07) is 3.07. The van der Waals surface area contributed by atoms with Crippen molar-refractivity contribution >= 4 is 11.8 Å². The lowest BCUT2D eigenvalue weighted by molar-refractivity contribution is 0.190. The molecule has 1 aliphatic heterocycles. The summed E-state index contributed by atoms with van der Waals surface area (Å²) in [5, 5.41) is 6.44. The summed E-state index contributed by atoms with van der Waals surface area (Å²) in [7, 11) is 4.02. The minimum absolute atomic E-state index is 0.515. The Balaban J connectivity index is 1.96. The SMILES string of the molecule is CNc1nccc(NC2CCN(C)C(C)C2)n1. The van der Waals surface area contributed by atoms with Gasteiger partial charge in [-0.1, -0.05) is 0 Å². The van der Waals surface area contributed by atoms with Crippen LogP contribution in [0.25, 0.3) is 0 Å². The molecule has 0 aromatic carbocycles. The minimum atomic E-state index is 0.515. The normalized spacial score (nSPS) is 25.6. The van der Waals surface area contributed by atoms with Crippen LogP contribution in [0.2, 0.25) is 0 Å². The molecule has 94 valence electrons. The third kappa shape index (κ3) is 3.06. The molecule has 0 saturated carbocycles. The first-order chi connectivity index (χ1) is 8.19. The highest BCUT2D eigenvalue weighted by atomic mass is 15.2. The predicted octanol–water partition coefficient (Wildman–Crippen LogP) is 1.41. The molecule has 0 spiro atoms. The van der Waals surface area contributed by atoms with Crippen LogP contribution >= 0.6 is 0 Å². The molecule has 17 heavy (non-hydrogen) atoms. The number of piperidine rings is 1. The van der Waals surface area contributed by atoms with E-state index in [9.17, 15) is 0 Å². The van der Waals surface area contributed by atoms with E-state index in [4.69, 9.17) is 0 Å². The van der Waals surface area contributed by atoms with Crippen molar-refractivity contribution < 1.29 is 0 Å². The van der Waals surface area contributed by atoms with Crippen LogP contribution in [0.4, 0.5) is 11.8 Å². The molecule has 2 rings (SSSR count). The summed E-state index contributed by atoms with van der Waals surface area (Å²) < 4.78 is 0. The van der Waals surface area contributed by atoms with Crippen LogP contribution in [0.15, 0.2) is 12.3 Å². The van der Waals surface area contributed by atoms with Crippen molar-refractivity contribution in [3.63, 3.8) is 0 Å². The van der Waals surface area contributed by atoms with E-state index in [0.717, 1.165) is 18.8 Å². The summed E-state index contributed by atoms with van der Waals surface area (Å²) in [5.41, 5.74) is 0. The minimum Gasteiger partial charge on any atom is -0.367 e. The summed E-state index contributed by atoms with van der Waals surface area (Å²) in [4.78, 5) is 10.9. The van der Waals surface area contributed by atoms with Gasteiger partial charge in [-0.15, -0.1) is 0 Å². The van der Waals surface area contributed by atoms with Gasteiger partial charge >= 0.3 is 0 Å². The second kappa shape index (κ2) is 5.31. The molecular weight excluding hydrogens is 214 g/mol. The highest BCUT2D eigenvalue weighted by Gasteiger charge is 2.22. The summed E-state index contributed by atoms with van der Waals surface area (Å²) in [6.07, 6.45) is 4.11. The van der Waals surface area contributed by atoms with E-state index in [0.29, 0.717) is 18.0 Å². The van der Waals surface area contributed by atoms with Crippen LogP contribution in [-0.2, 0) is 0 Å². The molecule has 0 amide bonds. The van der Waals surface area contributed by atoms with Crippen LogP contribution in [-0.4, -0.2) is 47.6 Å². The second-order valence-corrected chi connectivity index (χ2v) is 4.71. The van der Waals surface area contributed by atoms with Gasteiger partial charge in [0.05, 0.1) is 0 Å². The molecule has 0 bridgehead atoms. The first-order valence-corrected chi connectivity index (χ1v) is 6.16. The topological polar surface area (TPSA) is 53.1 Å². The Morgan fingerprint density at radius 1 is 1.47 bits per heavy atom. The zero-order valence-corrected chi connectivity index (χ0v) is 10.8. The lowest BCUT2D eigenvalue weighted by Gasteiger charge is -2.35. The van der Waals surface area contributed by atoms with Gasteiger partial charge in [0.1, 0.15) is 5.82 Å². The van der Waals surface area contributed by atoms with E-state index in [1.165, 1.54) is 6.42 Å². The monoisotopic (exact) mass is 235 g/mol. The van der Waals surface area contributed by atoms with Gasteiger partial charge in [-0.3, -0.25) is 0 Å². The van der Waals surface area contributed by atoms with Crippen LogP contribution < -0.4 is 10.6 Å². The van der Waals surface area contributed by atoms with Gasteiger partial charge in [0.25, 0.3) is 0 Å². The number of hydrogen-bond donors (Lipinski definition) is 2. The van der Waals surface area contributed by atoms with Crippen molar-refractivity contribution in [3.05, 3.63) is 12.3 Å². The average molecular weight is 235 g/mol. The van der Waals surface area contributed by atoms with Gasteiger partial charge in [-0.2, -0.15) is 4.98 Å². The highest BCUT2D eigenvalue weighted by molar-refractivity contribution is 5.40. The molecule has 2 heterocycles. The quantitative estimate of drug-likeness (QED) is 0.829. The maximum atomic E-state index is 4.38. The van der Waals surface area contributed by atoms with Gasteiger partial charge in [-0.05, 0) is 32.9 Å². The number of nitrogens with zero attached hydrogens (tertiary/aromatic N) is 3. The van der Waals surface area contributed by atoms with E-state index in [-0.39, 0.29) is 0 Å². The molecular formula is C12H21N5. The highest BCUT2D eigenvalue weighted by Crippen LogP contribution is 2.19. The number of nitrogens with one attached hydrogen (secondary N) is 2. The first kappa shape index (κ1) is 12.1. The van der Waals surface area contributed by atoms with Crippen molar-refractivity contribution in [2.75, 3.05) is 31.3 Å². The zero-order chi connectivity index (χ0) is 12.3. The van der Waals surface area contributed by atoms with Crippen LogP contribution in [0, 0.1) is 0 Å². The lowest BCUT2D eigenvalue weighted by atomic mass is 9.99. The number of likely N-dealkylation sites (tertiary alicyclic amines) is 1. The van der Waals surface area contributed by atoms with E-state index < -0.39 is 0 Å². The van der Waals surface area contributed by atoms with E-state index in [1.54, 1.807) is 6.20 Å². The molecule has 1 aromatic heterocycles. The summed E-state index contributed by atoms with van der Waals surface area (Å²) in [5.74, 6) is 1.57. The standard InChI is InChI=1S/C12H21N5/c1-9-8-10(5-7-17(9)3)15-11-4-6-14-12(13-2)16-11/h4,6,9-10H,5,7-8H2,1-3H3,(H2,13,14,15,16). The number of hydrogen-bond acceptors (Lipinski definition) is 5. The Morgan fingerprint density at radius 2 is 2.29 bits per heavy atom. The number of aromatic nitrogens is 2. The molecule has 5 heteroatoms. The van der Waals surface area contributed by atoms with Gasteiger partial charge in [-0.25, -0.2) is 4.98 Å². The fourth-order valence-electron chi connectivity index (χ4n) is 2.19. The maximum absolute atomic E-state index is 4.38. The second-order valence-electron chi connectivity index (χ2n) is 4.71. The molecule has 2 unspecified atom stereocenters. The lowest BCUT2D eigenvalue weighted by Crippen LogP contribution is -2.42. The fraction of sp³-hybridized carbons (Fsp3) is 0.667. The Hall–Kier alpha value is -1.36. The summed E-state index contributed by atoms with van der Waals surface area (Å²) >= 11 is 0. The Labute approximate surface area is 103 Å². The fourth-order valence-corrected chi connectivity index (χ4v) is 2.19. The van der Waals surface area contributed by atoms with Crippen LogP contribution in [0.3, 0.4) is 0 Å². The molecule has 1 fully saturated rings. The van der Waals surface area contributed by atoms with Crippen LogP contribution in [0.1, 0.15) is 19.8 Å². The van der Waals surface area contributed by atoms with Gasteiger partial charge in [0, 0.05) is 31.9 Å². The third-order valence-corrected chi connectivity index (χ3v) is 3.44. The largest absolute Gasteiger partial charge is 0.367 e. The molecule has 2 atom stereocenters. The van der Waals surface area contributed by atoms with E-state index >= 15 is 0 Å². The molecule has 2 N–H and O–H groups in total. The first-order valence-electron chi connectivity index (χ1n) is 6.16. The predicted molar refractivity (Wildman–Crippen MR) is 70.3 cm³/mol. The Kier molecular flexibility index (Phi) is 3.78. The van der Waals surface area contributed by atoms with Crippen LogP contribution in [0.5, 0.6) is 0 Å².